The van der Waals surface area contributed by atoms with Crippen LogP contribution in [0.3, 0.4) is 0 Å². The average Bonchev–Trinajstić information content (AvgIpc) is 2.38. The Hall–Kier alpha value is -2.20. The van der Waals surface area contributed by atoms with Gasteiger partial charge in [-0.05, 0) is 23.8 Å². The van der Waals surface area contributed by atoms with Crippen LogP contribution in [-0.4, -0.2) is 11.7 Å². The van der Waals surface area contributed by atoms with Gasteiger partial charge in [-0.3, -0.25) is 9.59 Å². The van der Waals surface area contributed by atoms with E-state index >= 15 is 0 Å². The summed E-state index contributed by atoms with van der Waals surface area (Å²) in [6.45, 7) is 0. The van der Waals surface area contributed by atoms with Gasteiger partial charge in [-0.25, -0.2) is 4.39 Å². The molecule has 0 unspecified atom stereocenters. The van der Waals surface area contributed by atoms with Gasteiger partial charge in [-0.2, -0.15) is 0 Å². The Balaban J connectivity index is 2.54. The van der Waals surface area contributed by atoms with Crippen molar-refractivity contribution in [2.24, 2.45) is 5.73 Å². The summed E-state index contributed by atoms with van der Waals surface area (Å²) < 4.78 is 13.7. The first-order valence-corrected chi connectivity index (χ1v) is 6.23. The van der Waals surface area contributed by atoms with Crippen LogP contribution in [0.5, 0.6) is 0 Å². The Bertz CT molecular complexity index is 685. The predicted molar refractivity (Wildman–Crippen MR) is 74.2 cm³/mol. The summed E-state index contributed by atoms with van der Waals surface area (Å²) in [4.78, 5) is 23.5. The first kappa shape index (κ1) is 14.2. The van der Waals surface area contributed by atoms with E-state index in [0.29, 0.717) is 5.56 Å². The van der Waals surface area contributed by atoms with Crippen LogP contribution in [0.1, 0.15) is 21.5 Å². The van der Waals surface area contributed by atoms with Crippen molar-refractivity contribution in [3.8, 4) is 0 Å². The zero-order valence-corrected chi connectivity index (χ0v) is 11.2. The fraction of sp³-hybridized carbons (Fsp3) is 0.0667. The second kappa shape index (κ2) is 5.84. The fourth-order valence-electron chi connectivity index (χ4n) is 1.94. The Morgan fingerprint density at radius 3 is 2.45 bits per heavy atom. The third-order valence-electron chi connectivity index (χ3n) is 2.81. The maximum atomic E-state index is 13.7. The van der Waals surface area contributed by atoms with Gasteiger partial charge >= 0.3 is 0 Å². The molecule has 0 saturated heterocycles. The molecule has 0 spiro atoms. The molecule has 0 aliphatic rings. The molecule has 0 atom stereocenters. The maximum absolute atomic E-state index is 13.7. The second-order valence-corrected chi connectivity index (χ2v) is 4.63. The SMILES string of the molecule is NC(=O)Cc1cccc(Cl)c1C(=O)c1ccccc1F. The summed E-state index contributed by atoms with van der Waals surface area (Å²) in [5.41, 5.74) is 5.55. The van der Waals surface area contributed by atoms with Crippen LogP contribution >= 0.6 is 11.6 Å². The number of halogens is 2. The van der Waals surface area contributed by atoms with E-state index in [-0.39, 0.29) is 22.6 Å². The van der Waals surface area contributed by atoms with Crippen molar-refractivity contribution >= 4 is 23.3 Å². The number of nitrogens with two attached hydrogens (primary N) is 1. The van der Waals surface area contributed by atoms with Gasteiger partial charge < -0.3 is 5.73 Å². The molecule has 0 aromatic heterocycles. The van der Waals surface area contributed by atoms with E-state index in [0.717, 1.165) is 0 Å². The van der Waals surface area contributed by atoms with Crippen LogP contribution in [0.2, 0.25) is 5.02 Å². The van der Waals surface area contributed by atoms with E-state index in [1.165, 1.54) is 24.3 Å². The van der Waals surface area contributed by atoms with Crippen molar-refractivity contribution in [1.82, 2.24) is 0 Å². The molecule has 2 N–H and O–H groups in total. The van der Waals surface area contributed by atoms with E-state index in [1.54, 1.807) is 18.2 Å². The van der Waals surface area contributed by atoms with E-state index in [9.17, 15) is 14.0 Å². The summed E-state index contributed by atoms with van der Waals surface area (Å²) in [5.74, 6) is -1.79. The molecule has 2 rings (SSSR count). The molecule has 0 aliphatic heterocycles. The molecule has 3 nitrogen and oxygen atoms in total. The molecule has 0 saturated carbocycles. The smallest absolute Gasteiger partial charge is 0.221 e. The number of ketones is 1. The van der Waals surface area contributed by atoms with Crippen molar-refractivity contribution in [3.63, 3.8) is 0 Å². The van der Waals surface area contributed by atoms with Crippen molar-refractivity contribution in [2.45, 2.75) is 6.42 Å². The highest BCUT2D eigenvalue weighted by Crippen LogP contribution is 2.24. The van der Waals surface area contributed by atoms with E-state index in [2.05, 4.69) is 0 Å². The van der Waals surface area contributed by atoms with Gasteiger partial charge in [-0.15, -0.1) is 0 Å². The highest BCUT2D eigenvalue weighted by Gasteiger charge is 2.20. The molecule has 20 heavy (non-hydrogen) atoms. The summed E-state index contributed by atoms with van der Waals surface area (Å²) in [7, 11) is 0. The third-order valence-corrected chi connectivity index (χ3v) is 3.13. The minimum Gasteiger partial charge on any atom is -0.369 e. The predicted octanol–water partition coefficient (Wildman–Crippen LogP) is 2.74. The van der Waals surface area contributed by atoms with Gasteiger partial charge in [0.1, 0.15) is 5.82 Å². The minimum atomic E-state index is -0.637. The molecule has 0 bridgehead atoms. The first-order valence-electron chi connectivity index (χ1n) is 5.85. The Morgan fingerprint density at radius 2 is 1.80 bits per heavy atom. The second-order valence-electron chi connectivity index (χ2n) is 4.23. The molecular weight excluding hydrogens is 281 g/mol. The zero-order valence-electron chi connectivity index (χ0n) is 10.4. The molecular formula is C15H11ClFNO2. The lowest BCUT2D eigenvalue weighted by molar-refractivity contribution is -0.117. The highest BCUT2D eigenvalue weighted by atomic mass is 35.5. The first-order chi connectivity index (χ1) is 9.50. The van der Waals surface area contributed by atoms with Crippen molar-refractivity contribution in [2.75, 3.05) is 0 Å². The van der Waals surface area contributed by atoms with Crippen molar-refractivity contribution < 1.29 is 14.0 Å². The lowest BCUT2D eigenvalue weighted by Gasteiger charge is -2.10. The number of hydrogen-bond donors (Lipinski definition) is 1. The summed E-state index contributed by atoms with van der Waals surface area (Å²) in [6, 6.07) is 10.3. The lowest BCUT2D eigenvalue weighted by atomic mass is 9.96. The molecule has 5 heteroatoms. The maximum Gasteiger partial charge on any atom is 0.221 e. The van der Waals surface area contributed by atoms with Gasteiger partial charge in [0.05, 0.1) is 17.0 Å². The number of hydrogen-bond acceptors (Lipinski definition) is 2. The average molecular weight is 292 g/mol. The van der Waals surface area contributed by atoms with Gasteiger partial charge in [-0.1, -0.05) is 35.9 Å². The van der Waals surface area contributed by atoms with Crippen LogP contribution in [0.15, 0.2) is 42.5 Å². The molecule has 0 heterocycles. The summed E-state index contributed by atoms with van der Waals surface area (Å²) in [5, 5.41) is 0.164. The number of rotatable bonds is 4. The molecule has 0 fully saturated rings. The summed E-state index contributed by atoms with van der Waals surface area (Å²) in [6.07, 6.45) is -0.129. The quantitative estimate of drug-likeness (QED) is 0.881. The number of benzene rings is 2. The van der Waals surface area contributed by atoms with Crippen molar-refractivity contribution in [3.05, 3.63) is 70.0 Å². The Kier molecular flexibility index (Phi) is 4.15. The van der Waals surface area contributed by atoms with E-state index in [4.69, 9.17) is 17.3 Å². The molecule has 1 amide bonds. The van der Waals surface area contributed by atoms with Crippen LogP contribution in [0.4, 0.5) is 4.39 Å². The van der Waals surface area contributed by atoms with E-state index < -0.39 is 17.5 Å². The van der Waals surface area contributed by atoms with Crippen LogP contribution in [0, 0.1) is 5.82 Å². The molecule has 0 aliphatic carbocycles. The van der Waals surface area contributed by atoms with Crippen LogP contribution in [-0.2, 0) is 11.2 Å². The number of carbonyl (C=O) groups is 2. The normalized spacial score (nSPS) is 10.3. The van der Waals surface area contributed by atoms with Gasteiger partial charge in [0.15, 0.2) is 5.78 Å². The standard InChI is InChI=1S/C15H11ClFNO2/c16-11-6-3-4-9(8-13(18)19)14(11)15(20)10-5-1-2-7-12(10)17/h1-7H,8H2,(H2,18,19). The number of primary amides is 1. The Labute approximate surface area is 120 Å². The topological polar surface area (TPSA) is 60.2 Å². The molecule has 102 valence electrons. The van der Waals surface area contributed by atoms with Gasteiger partial charge in [0, 0.05) is 5.56 Å². The van der Waals surface area contributed by atoms with E-state index in [1.807, 2.05) is 0 Å². The molecule has 2 aromatic rings. The summed E-state index contributed by atoms with van der Waals surface area (Å²) >= 11 is 6.01. The number of amides is 1. The van der Waals surface area contributed by atoms with Crippen molar-refractivity contribution in [1.29, 1.82) is 0 Å². The molecule has 0 radical (unpaired) electrons. The third kappa shape index (κ3) is 2.86. The lowest BCUT2D eigenvalue weighted by Crippen LogP contribution is -2.17. The zero-order chi connectivity index (χ0) is 14.7. The monoisotopic (exact) mass is 291 g/mol. The largest absolute Gasteiger partial charge is 0.369 e. The Morgan fingerprint density at radius 1 is 1.10 bits per heavy atom. The fourth-order valence-corrected chi connectivity index (χ4v) is 2.22. The van der Waals surface area contributed by atoms with Gasteiger partial charge in [0.25, 0.3) is 0 Å². The molecule has 2 aromatic carbocycles. The minimum absolute atomic E-state index is 0.0914. The van der Waals surface area contributed by atoms with Gasteiger partial charge in [0.2, 0.25) is 5.91 Å². The van der Waals surface area contributed by atoms with Crippen LogP contribution in [0.25, 0.3) is 0 Å². The number of carbonyl (C=O) groups excluding carboxylic acids is 2. The van der Waals surface area contributed by atoms with Crippen LogP contribution < -0.4 is 5.73 Å². The highest BCUT2D eigenvalue weighted by molar-refractivity contribution is 6.35.